The fraction of sp³-hybridized carbons (Fsp3) is 0.133. The molecular formula is C15H12F2O. The number of ketones is 1. The van der Waals surface area contributed by atoms with Crippen LogP contribution in [0.15, 0.2) is 36.4 Å². The zero-order chi connectivity index (χ0) is 13.3. The molecule has 0 aliphatic heterocycles. The van der Waals surface area contributed by atoms with Crippen molar-refractivity contribution in [2.45, 2.75) is 13.8 Å². The van der Waals surface area contributed by atoms with E-state index in [0.717, 1.165) is 17.7 Å². The summed E-state index contributed by atoms with van der Waals surface area (Å²) in [7, 11) is 0. The van der Waals surface area contributed by atoms with Crippen LogP contribution in [-0.4, -0.2) is 5.78 Å². The van der Waals surface area contributed by atoms with Gasteiger partial charge in [0.15, 0.2) is 5.78 Å². The highest BCUT2D eigenvalue weighted by Gasteiger charge is 2.20. The van der Waals surface area contributed by atoms with Crippen LogP contribution in [0.3, 0.4) is 0 Å². The quantitative estimate of drug-likeness (QED) is 0.736. The first kappa shape index (κ1) is 12.4. The number of hydrogen-bond donors (Lipinski definition) is 0. The molecule has 18 heavy (non-hydrogen) atoms. The molecule has 92 valence electrons. The van der Waals surface area contributed by atoms with Crippen LogP contribution < -0.4 is 0 Å². The minimum absolute atomic E-state index is 0.332. The average Bonchev–Trinajstić information content (AvgIpc) is 2.32. The third-order valence-corrected chi connectivity index (χ3v) is 2.83. The molecule has 0 aliphatic rings. The molecule has 0 fully saturated rings. The molecule has 1 nitrogen and oxygen atoms in total. The molecule has 0 amide bonds. The Balaban J connectivity index is 2.58. The van der Waals surface area contributed by atoms with Crippen molar-refractivity contribution in [3.63, 3.8) is 0 Å². The Morgan fingerprint density at radius 3 is 2.22 bits per heavy atom. The first-order valence-electron chi connectivity index (χ1n) is 5.56. The van der Waals surface area contributed by atoms with Crippen LogP contribution >= 0.6 is 0 Å². The van der Waals surface area contributed by atoms with Gasteiger partial charge in [0.05, 0.1) is 5.56 Å². The number of hydrogen-bond acceptors (Lipinski definition) is 1. The Bertz CT molecular complexity index is 598. The molecule has 3 heteroatoms. The Morgan fingerprint density at radius 2 is 1.61 bits per heavy atom. The second-order valence-electron chi connectivity index (χ2n) is 4.24. The van der Waals surface area contributed by atoms with Crippen molar-refractivity contribution >= 4 is 5.78 Å². The van der Waals surface area contributed by atoms with E-state index in [1.165, 1.54) is 6.07 Å². The van der Waals surface area contributed by atoms with Crippen LogP contribution in [0.1, 0.15) is 27.0 Å². The van der Waals surface area contributed by atoms with Crippen LogP contribution in [0.25, 0.3) is 0 Å². The van der Waals surface area contributed by atoms with Gasteiger partial charge in [0.1, 0.15) is 11.6 Å². The SMILES string of the molecule is Cc1ccc(C)c(C(=O)c2c(F)cccc2F)c1. The number of rotatable bonds is 2. The van der Waals surface area contributed by atoms with E-state index in [2.05, 4.69) is 0 Å². The molecule has 0 heterocycles. The predicted molar refractivity (Wildman–Crippen MR) is 65.7 cm³/mol. The normalized spacial score (nSPS) is 10.4. The van der Waals surface area contributed by atoms with Crippen molar-refractivity contribution in [1.29, 1.82) is 0 Å². The maximum Gasteiger partial charge on any atom is 0.199 e. The molecule has 0 radical (unpaired) electrons. The van der Waals surface area contributed by atoms with Crippen molar-refractivity contribution < 1.29 is 13.6 Å². The van der Waals surface area contributed by atoms with E-state index in [1.54, 1.807) is 19.1 Å². The third-order valence-electron chi connectivity index (χ3n) is 2.83. The molecule has 0 saturated heterocycles. The Labute approximate surface area is 104 Å². The van der Waals surface area contributed by atoms with E-state index in [4.69, 9.17) is 0 Å². The summed E-state index contributed by atoms with van der Waals surface area (Å²) in [5.74, 6) is -2.28. The van der Waals surface area contributed by atoms with Crippen LogP contribution in [-0.2, 0) is 0 Å². The van der Waals surface area contributed by atoms with E-state index >= 15 is 0 Å². The van der Waals surface area contributed by atoms with Gasteiger partial charge in [-0.15, -0.1) is 0 Å². The number of carbonyl (C=O) groups excluding carboxylic acids is 1. The highest BCUT2D eigenvalue weighted by molar-refractivity contribution is 6.10. The van der Waals surface area contributed by atoms with E-state index < -0.39 is 23.0 Å². The van der Waals surface area contributed by atoms with Crippen molar-refractivity contribution in [3.8, 4) is 0 Å². The van der Waals surface area contributed by atoms with Gasteiger partial charge in [0.25, 0.3) is 0 Å². The molecule has 0 aliphatic carbocycles. The molecule has 2 rings (SSSR count). The van der Waals surface area contributed by atoms with E-state index in [0.29, 0.717) is 11.1 Å². The molecule has 0 spiro atoms. The second-order valence-corrected chi connectivity index (χ2v) is 4.24. The van der Waals surface area contributed by atoms with Crippen molar-refractivity contribution in [3.05, 3.63) is 70.3 Å². The number of aryl methyl sites for hydroxylation is 2. The van der Waals surface area contributed by atoms with Crippen LogP contribution in [0.4, 0.5) is 8.78 Å². The summed E-state index contributed by atoms with van der Waals surface area (Å²) in [5.41, 5.74) is 1.42. The first-order chi connectivity index (χ1) is 8.50. The van der Waals surface area contributed by atoms with Crippen LogP contribution in [0, 0.1) is 25.5 Å². The molecule has 2 aromatic rings. The van der Waals surface area contributed by atoms with Gasteiger partial charge in [0.2, 0.25) is 0 Å². The predicted octanol–water partition coefficient (Wildman–Crippen LogP) is 3.81. The highest BCUT2D eigenvalue weighted by atomic mass is 19.1. The van der Waals surface area contributed by atoms with Gasteiger partial charge in [-0.25, -0.2) is 8.78 Å². The van der Waals surface area contributed by atoms with E-state index in [9.17, 15) is 13.6 Å². The minimum atomic E-state index is -0.832. The van der Waals surface area contributed by atoms with Crippen LogP contribution in [0.5, 0.6) is 0 Å². The van der Waals surface area contributed by atoms with E-state index in [-0.39, 0.29) is 0 Å². The van der Waals surface area contributed by atoms with Gasteiger partial charge in [-0.05, 0) is 37.6 Å². The molecule has 0 bridgehead atoms. The fourth-order valence-electron chi connectivity index (χ4n) is 1.83. The molecule has 0 atom stereocenters. The van der Waals surface area contributed by atoms with Crippen molar-refractivity contribution in [2.24, 2.45) is 0 Å². The monoisotopic (exact) mass is 246 g/mol. The standard InChI is InChI=1S/C15H12F2O/c1-9-6-7-10(2)11(8-9)15(18)14-12(16)4-3-5-13(14)17/h3-8H,1-2H3. The summed E-state index contributed by atoms with van der Waals surface area (Å²) in [4.78, 5) is 12.2. The second kappa shape index (κ2) is 4.69. The molecule has 0 aromatic heterocycles. The summed E-state index contributed by atoms with van der Waals surface area (Å²) in [6.45, 7) is 3.57. The smallest absolute Gasteiger partial charge is 0.199 e. The lowest BCUT2D eigenvalue weighted by Gasteiger charge is -2.08. The van der Waals surface area contributed by atoms with Gasteiger partial charge >= 0.3 is 0 Å². The lowest BCUT2D eigenvalue weighted by atomic mass is 9.97. The molecule has 2 aromatic carbocycles. The molecular weight excluding hydrogens is 234 g/mol. The van der Waals surface area contributed by atoms with Gasteiger partial charge in [-0.3, -0.25) is 4.79 Å². The topological polar surface area (TPSA) is 17.1 Å². The molecule has 0 unspecified atom stereocenters. The van der Waals surface area contributed by atoms with Crippen molar-refractivity contribution in [2.75, 3.05) is 0 Å². The van der Waals surface area contributed by atoms with Gasteiger partial charge in [-0.2, -0.15) is 0 Å². The van der Waals surface area contributed by atoms with E-state index in [1.807, 2.05) is 13.0 Å². The first-order valence-corrected chi connectivity index (χ1v) is 5.56. The number of halogens is 2. The van der Waals surface area contributed by atoms with Crippen molar-refractivity contribution in [1.82, 2.24) is 0 Å². The Hall–Kier alpha value is -2.03. The zero-order valence-corrected chi connectivity index (χ0v) is 10.1. The summed E-state index contributed by atoms with van der Waals surface area (Å²) < 4.78 is 27.1. The fourth-order valence-corrected chi connectivity index (χ4v) is 1.83. The lowest BCUT2D eigenvalue weighted by molar-refractivity contribution is 0.103. The van der Waals surface area contributed by atoms with Gasteiger partial charge < -0.3 is 0 Å². The van der Waals surface area contributed by atoms with Gasteiger partial charge in [0, 0.05) is 5.56 Å². The maximum absolute atomic E-state index is 13.6. The Morgan fingerprint density at radius 1 is 1.00 bits per heavy atom. The summed E-state index contributed by atoms with van der Waals surface area (Å²) in [5, 5.41) is 0. The minimum Gasteiger partial charge on any atom is -0.288 e. The number of benzene rings is 2. The molecule has 0 N–H and O–H groups in total. The summed E-state index contributed by atoms with van der Waals surface area (Å²) in [6.07, 6.45) is 0. The Kier molecular flexibility index (Phi) is 3.24. The average molecular weight is 246 g/mol. The third kappa shape index (κ3) is 2.16. The van der Waals surface area contributed by atoms with Crippen LogP contribution in [0.2, 0.25) is 0 Å². The largest absolute Gasteiger partial charge is 0.288 e. The van der Waals surface area contributed by atoms with Gasteiger partial charge in [-0.1, -0.05) is 23.8 Å². The summed E-state index contributed by atoms with van der Waals surface area (Å²) >= 11 is 0. The zero-order valence-electron chi connectivity index (χ0n) is 10.1. The maximum atomic E-state index is 13.6. The summed E-state index contributed by atoms with van der Waals surface area (Å²) in [6, 6.07) is 8.67. The lowest BCUT2D eigenvalue weighted by Crippen LogP contribution is -2.09. The highest BCUT2D eigenvalue weighted by Crippen LogP contribution is 2.20. The molecule has 0 saturated carbocycles. The number of carbonyl (C=O) groups is 1.